The summed E-state index contributed by atoms with van der Waals surface area (Å²) in [6, 6.07) is 8.61. The van der Waals surface area contributed by atoms with Gasteiger partial charge >= 0.3 is 0 Å². The highest BCUT2D eigenvalue weighted by Gasteiger charge is 2.20. The molecule has 3 rings (SSSR count). The van der Waals surface area contributed by atoms with Gasteiger partial charge in [0, 0.05) is 18.3 Å². The number of thioether (sulfide) groups is 1. The van der Waals surface area contributed by atoms with Crippen LogP contribution in [-0.2, 0) is 9.59 Å². The van der Waals surface area contributed by atoms with Crippen molar-refractivity contribution in [3.05, 3.63) is 42.4 Å². The second-order valence-electron chi connectivity index (χ2n) is 5.77. The predicted octanol–water partition coefficient (Wildman–Crippen LogP) is 3.72. The maximum Gasteiger partial charge on any atom is 0.277 e. The summed E-state index contributed by atoms with van der Waals surface area (Å²) in [5, 5.41) is 13.3. The van der Waals surface area contributed by atoms with Gasteiger partial charge in [-0.25, -0.2) is 0 Å². The van der Waals surface area contributed by atoms with Gasteiger partial charge in [-0.1, -0.05) is 11.8 Å². The van der Waals surface area contributed by atoms with Crippen LogP contribution in [0.3, 0.4) is 0 Å². The van der Waals surface area contributed by atoms with Crippen molar-refractivity contribution in [3.63, 3.8) is 0 Å². The molecule has 0 fully saturated rings. The molecule has 2 N–H and O–H groups in total. The Balaban J connectivity index is 1.58. The van der Waals surface area contributed by atoms with Crippen molar-refractivity contribution in [1.82, 2.24) is 10.2 Å². The van der Waals surface area contributed by atoms with Crippen LogP contribution in [0.25, 0.3) is 11.5 Å². The third-order valence-electron chi connectivity index (χ3n) is 3.62. The van der Waals surface area contributed by atoms with Crippen molar-refractivity contribution in [1.29, 1.82) is 0 Å². The molecule has 0 aliphatic rings. The molecule has 0 saturated heterocycles. The first-order valence-corrected chi connectivity index (χ1v) is 9.03. The lowest BCUT2D eigenvalue weighted by Gasteiger charge is -2.10. The molecule has 0 spiro atoms. The van der Waals surface area contributed by atoms with E-state index < -0.39 is 5.25 Å². The Kier molecular flexibility index (Phi) is 5.60. The maximum absolute atomic E-state index is 12.4. The Morgan fingerprint density at radius 3 is 2.33 bits per heavy atom. The third-order valence-corrected chi connectivity index (χ3v) is 4.55. The molecule has 0 aliphatic carbocycles. The molecular formula is C18H18N4O4S. The minimum absolute atomic E-state index is 0.152. The lowest BCUT2D eigenvalue weighted by Crippen LogP contribution is -2.22. The smallest absolute Gasteiger partial charge is 0.277 e. The normalized spacial score (nSPS) is 11.8. The van der Waals surface area contributed by atoms with Crippen LogP contribution in [-0.4, -0.2) is 27.3 Å². The van der Waals surface area contributed by atoms with E-state index in [-0.39, 0.29) is 11.8 Å². The van der Waals surface area contributed by atoms with Gasteiger partial charge in [-0.15, -0.1) is 10.2 Å². The third kappa shape index (κ3) is 4.76. The number of amides is 2. The van der Waals surface area contributed by atoms with Gasteiger partial charge in [0.15, 0.2) is 0 Å². The topological polar surface area (TPSA) is 110 Å². The standard InChI is InChI=1S/C18H18N4O4S/c1-10-15(8-9-25-10)17-21-22-18(26-17)27-11(2)16(24)20-14-6-4-13(5-7-14)19-12(3)23/h4-9,11H,1-3H3,(H,19,23)(H,20,24)/t11-/m1/s1. The quantitative estimate of drug-likeness (QED) is 0.621. The van der Waals surface area contributed by atoms with Gasteiger partial charge in [-0.05, 0) is 44.2 Å². The first-order chi connectivity index (χ1) is 12.9. The maximum atomic E-state index is 12.4. The van der Waals surface area contributed by atoms with E-state index in [0.717, 1.165) is 5.56 Å². The van der Waals surface area contributed by atoms with E-state index in [1.807, 2.05) is 0 Å². The molecule has 2 aromatic heterocycles. The molecule has 1 atom stereocenters. The Bertz CT molecular complexity index is 948. The summed E-state index contributed by atoms with van der Waals surface area (Å²) in [5.41, 5.74) is 2.02. The Labute approximate surface area is 159 Å². The molecule has 8 nitrogen and oxygen atoms in total. The Morgan fingerprint density at radius 2 is 1.74 bits per heavy atom. The zero-order valence-corrected chi connectivity index (χ0v) is 15.8. The van der Waals surface area contributed by atoms with Crippen LogP contribution in [0.15, 0.2) is 50.7 Å². The van der Waals surface area contributed by atoms with Gasteiger partial charge in [-0.3, -0.25) is 9.59 Å². The van der Waals surface area contributed by atoms with E-state index >= 15 is 0 Å². The van der Waals surface area contributed by atoms with Crippen molar-refractivity contribution in [2.24, 2.45) is 0 Å². The van der Waals surface area contributed by atoms with E-state index in [9.17, 15) is 9.59 Å². The van der Waals surface area contributed by atoms with Crippen molar-refractivity contribution in [2.45, 2.75) is 31.2 Å². The number of aromatic nitrogens is 2. The summed E-state index contributed by atoms with van der Waals surface area (Å²) in [5.74, 6) is 0.682. The van der Waals surface area contributed by atoms with Crippen LogP contribution in [0.2, 0.25) is 0 Å². The van der Waals surface area contributed by atoms with Crippen LogP contribution < -0.4 is 10.6 Å². The Hall–Kier alpha value is -3.07. The number of hydrogen-bond acceptors (Lipinski definition) is 7. The van der Waals surface area contributed by atoms with Gasteiger partial charge in [-0.2, -0.15) is 0 Å². The molecule has 2 heterocycles. The second kappa shape index (κ2) is 8.09. The number of nitrogens with one attached hydrogen (secondary N) is 2. The first kappa shape index (κ1) is 18.7. The highest BCUT2D eigenvalue weighted by molar-refractivity contribution is 8.00. The number of benzene rings is 1. The molecule has 1 aromatic carbocycles. The SMILES string of the molecule is CC(=O)Nc1ccc(NC(=O)[C@@H](C)Sc2nnc(-c3ccoc3C)o2)cc1. The van der Waals surface area contributed by atoms with E-state index in [4.69, 9.17) is 8.83 Å². The molecule has 0 aliphatic heterocycles. The van der Waals surface area contributed by atoms with E-state index in [1.54, 1.807) is 50.4 Å². The average molecular weight is 386 g/mol. The summed E-state index contributed by atoms with van der Waals surface area (Å²) in [6.07, 6.45) is 1.55. The van der Waals surface area contributed by atoms with Gasteiger partial charge in [0.25, 0.3) is 11.1 Å². The second-order valence-corrected chi connectivity index (χ2v) is 7.06. The minimum atomic E-state index is -0.446. The number of carbonyl (C=O) groups excluding carboxylic acids is 2. The molecule has 27 heavy (non-hydrogen) atoms. The molecule has 140 valence electrons. The molecule has 2 amide bonds. The highest BCUT2D eigenvalue weighted by Crippen LogP contribution is 2.28. The number of nitrogens with zero attached hydrogens (tertiary/aromatic N) is 2. The summed E-state index contributed by atoms with van der Waals surface area (Å²) >= 11 is 1.17. The van der Waals surface area contributed by atoms with Crippen LogP contribution >= 0.6 is 11.8 Å². The van der Waals surface area contributed by atoms with Crippen molar-refractivity contribution in [3.8, 4) is 11.5 Å². The van der Waals surface area contributed by atoms with E-state index in [0.29, 0.717) is 28.2 Å². The zero-order chi connectivity index (χ0) is 19.4. The Morgan fingerprint density at radius 1 is 1.07 bits per heavy atom. The summed E-state index contributed by atoms with van der Waals surface area (Å²) in [6.45, 7) is 4.99. The number of rotatable bonds is 6. The van der Waals surface area contributed by atoms with Crippen LogP contribution in [0.5, 0.6) is 0 Å². The highest BCUT2D eigenvalue weighted by atomic mass is 32.2. The molecule has 3 aromatic rings. The van der Waals surface area contributed by atoms with Crippen molar-refractivity contribution >= 4 is 35.0 Å². The average Bonchev–Trinajstić information content (AvgIpc) is 3.24. The molecular weight excluding hydrogens is 368 g/mol. The summed E-state index contributed by atoms with van der Waals surface area (Å²) < 4.78 is 10.8. The molecule has 0 unspecified atom stereocenters. The van der Waals surface area contributed by atoms with Crippen molar-refractivity contribution < 1.29 is 18.4 Å². The monoisotopic (exact) mass is 386 g/mol. The number of hydrogen-bond donors (Lipinski definition) is 2. The van der Waals surface area contributed by atoms with Crippen LogP contribution in [0.4, 0.5) is 11.4 Å². The number of aryl methyl sites for hydroxylation is 1. The van der Waals surface area contributed by atoms with Crippen LogP contribution in [0.1, 0.15) is 19.6 Å². The molecule has 0 bridgehead atoms. The first-order valence-electron chi connectivity index (χ1n) is 8.15. The fourth-order valence-electron chi connectivity index (χ4n) is 2.26. The van der Waals surface area contributed by atoms with E-state index in [1.165, 1.54) is 18.7 Å². The molecule has 0 saturated carbocycles. The van der Waals surface area contributed by atoms with Crippen molar-refractivity contribution in [2.75, 3.05) is 10.6 Å². The molecule has 0 radical (unpaired) electrons. The minimum Gasteiger partial charge on any atom is -0.469 e. The fraction of sp³-hybridized carbons (Fsp3) is 0.222. The van der Waals surface area contributed by atoms with Gasteiger partial charge in [0.2, 0.25) is 11.8 Å². The lowest BCUT2D eigenvalue weighted by molar-refractivity contribution is -0.115. The fourth-order valence-corrected chi connectivity index (χ4v) is 2.95. The van der Waals surface area contributed by atoms with Gasteiger partial charge in [0.1, 0.15) is 5.76 Å². The summed E-state index contributed by atoms with van der Waals surface area (Å²) in [7, 11) is 0. The number of furan rings is 1. The summed E-state index contributed by atoms with van der Waals surface area (Å²) in [4.78, 5) is 23.4. The molecule has 9 heteroatoms. The number of anilines is 2. The lowest BCUT2D eigenvalue weighted by atomic mass is 10.2. The van der Waals surface area contributed by atoms with Gasteiger partial charge < -0.3 is 19.5 Å². The largest absolute Gasteiger partial charge is 0.469 e. The predicted molar refractivity (Wildman–Crippen MR) is 101 cm³/mol. The van der Waals surface area contributed by atoms with Crippen LogP contribution in [0, 0.1) is 6.92 Å². The van der Waals surface area contributed by atoms with Gasteiger partial charge in [0.05, 0.1) is 17.1 Å². The zero-order valence-electron chi connectivity index (χ0n) is 15.0. The number of carbonyl (C=O) groups is 2. The van der Waals surface area contributed by atoms with E-state index in [2.05, 4.69) is 20.8 Å².